The maximum Gasteiger partial charge on any atom is 0.224 e. The lowest BCUT2D eigenvalue weighted by Crippen LogP contribution is -2.30. The summed E-state index contributed by atoms with van der Waals surface area (Å²) in [6, 6.07) is 0. The molecule has 6 nitrogen and oxygen atoms in total. The van der Waals surface area contributed by atoms with Gasteiger partial charge in [0.2, 0.25) is 5.95 Å². The maximum absolute atomic E-state index is 5.19. The molecule has 0 aromatic carbocycles. The van der Waals surface area contributed by atoms with E-state index in [0.29, 0.717) is 12.6 Å². The quantitative estimate of drug-likeness (QED) is 0.612. The van der Waals surface area contributed by atoms with Gasteiger partial charge in [0.05, 0.1) is 11.1 Å². The normalized spacial score (nSPS) is 10.7. The highest BCUT2D eigenvalue weighted by Crippen LogP contribution is 2.24. The number of anilines is 2. The zero-order chi connectivity index (χ0) is 15.5. The van der Waals surface area contributed by atoms with E-state index in [2.05, 4.69) is 43.0 Å². The van der Waals surface area contributed by atoms with Gasteiger partial charge in [-0.05, 0) is 28.8 Å². The van der Waals surface area contributed by atoms with Gasteiger partial charge in [-0.3, -0.25) is 0 Å². The minimum absolute atomic E-state index is 0.654. The molecule has 0 aliphatic rings. The summed E-state index contributed by atoms with van der Waals surface area (Å²) in [4.78, 5) is 11.1. The zero-order valence-corrected chi connectivity index (χ0v) is 14.6. The summed E-state index contributed by atoms with van der Waals surface area (Å²) >= 11 is 3.53. The number of nitrogens with one attached hydrogen (secondary N) is 1. The third kappa shape index (κ3) is 6.58. The highest BCUT2D eigenvalue weighted by atomic mass is 79.9. The molecular weight excluding hydrogens is 336 g/mol. The van der Waals surface area contributed by atoms with Gasteiger partial charge in [0.15, 0.2) is 0 Å². The van der Waals surface area contributed by atoms with E-state index in [0.717, 1.165) is 49.4 Å². The van der Waals surface area contributed by atoms with E-state index in [1.165, 1.54) is 0 Å². The molecule has 0 fully saturated rings. The smallest absolute Gasteiger partial charge is 0.224 e. The van der Waals surface area contributed by atoms with Crippen LogP contribution in [0.25, 0.3) is 0 Å². The molecule has 0 bridgehead atoms. The molecule has 1 rings (SSSR count). The molecule has 0 aliphatic carbocycles. The average molecular weight is 361 g/mol. The lowest BCUT2D eigenvalue weighted by molar-refractivity contribution is 0.191. The van der Waals surface area contributed by atoms with Gasteiger partial charge in [-0.15, -0.1) is 0 Å². The summed E-state index contributed by atoms with van der Waals surface area (Å²) in [6.07, 6.45) is 3.76. The lowest BCUT2D eigenvalue weighted by atomic mass is 10.3. The number of hydrogen-bond acceptors (Lipinski definition) is 6. The molecule has 1 heterocycles. The Kier molecular flexibility index (Phi) is 9.29. The fourth-order valence-corrected chi connectivity index (χ4v) is 2.27. The summed E-state index contributed by atoms with van der Waals surface area (Å²) in [7, 11) is 3.42. The highest BCUT2D eigenvalue weighted by Gasteiger charge is 2.13. The first-order chi connectivity index (χ1) is 10.2. The molecule has 1 aromatic heterocycles. The fourth-order valence-electron chi connectivity index (χ4n) is 1.83. The molecule has 0 saturated heterocycles. The number of aromatic nitrogens is 2. The standard InChI is InChI=1S/C14H25BrN4O2/c1-4-6-16-14-17-11-12(15)13(18-14)19(8-10-21-3)7-5-9-20-2/h11H,4-10H2,1-3H3,(H,16,17,18). The van der Waals surface area contributed by atoms with Crippen molar-refractivity contribution in [1.29, 1.82) is 0 Å². The van der Waals surface area contributed by atoms with Gasteiger partial charge in [0.1, 0.15) is 5.82 Å². The average Bonchev–Trinajstić information content (AvgIpc) is 2.50. The van der Waals surface area contributed by atoms with Crippen LogP contribution in [0.1, 0.15) is 19.8 Å². The number of nitrogens with zero attached hydrogens (tertiary/aromatic N) is 3. The first-order valence-electron chi connectivity index (χ1n) is 7.22. The number of ether oxygens (including phenoxy) is 2. The second-order valence-electron chi connectivity index (χ2n) is 4.62. The van der Waals surface area contributed by atoms with Gasteiger partial charge in [0.25, 0.3) is 0 Å². The van der Waals surface area contributed by atoms with Gasteiger partial charge in [-0.1, -0.05) is 6.92 Å². The maximum atomic E-state index is 5.19. The molecule has 1 N–H and O–H groups in total. The fraction of sp³-hybridized carbons (Fsp3) is 0.714. The Morgan fingerprint density at radius 1 is 1.24 bits per heavy atom. The first-order valence-corrected chi connectivity index (χ1v) is 8.01. The molecule has 0 aliphatic heterocycles. The Bertz CT molecular complexity index is 407. The van der Waals surface area contributed by atoms with E-state index in [-0.39, 0.29) is 0 Å². The van der Waals surface area contributed by atoms with Crippen LogP contribution in [0.15, 0.2) is 10.7 Å². The van der Waals surface area contributed by atoms with Crippen LogP contribution >= 0.6 is 15.9 Å². The van der Waals surface area contributed by atoms with Crippen molar-refractivity contribution >= 4 is 27.7 Å². The Morgan fingerprint density at radius 2 is 2.00 bits per heavy atom. The molecular formula is C14H25BrN4O2. The molecule has 0 atom stereocenters. The van der Waals surface area contributed by atoms with E-state index in [1.54, 1.807) is 20.4 Å². The SMILES string of the molecule is CCCNc1ncc(Br)c(N(CCCOC)CCOC)n1. The molecule has 0 saturated carbocycles. The van der Waals surface area contributed by atoms with Gasteiger partial charge in [0, 0.05) is 46.7 Å². The topological polar surface area (TPSA) is 59.5 Å². The van der Waals surface area contributed by atoms with E-state index in [4.69, 9.17) is 9.47 Å². The molecule has 120 valence electrons. The van der Waals surface area contributed by atoms with Gasteiger partial charge >= 0.3 is 0 Å². The third-order valence-electron chi connectivity index (χ3n) is 2.90. The van der Waals surface area contributed by atoms with E-state index >= 15 is 0 Å². The number of rotatable bonds is 11. The van der Waals surface area contributed by atoms with Gasteiger partial charge < -0.3 is 19.7 Å². The summed E-state index contributed by atoms with van der Waals surface area (Å²) in [5.74, 6) is 1.54. The minimum Gasteiger partial charge on any atom is -0.385 e. The van der Waals surface area contributed by atoms with Crippen molar-refractivity contribution in [1.82, 2.24) is 9.97 Å². The summed E-state index contributed by atoms with van der Waals surface area (Å²) in [6.45, 7) is 6.00. The van der Waals surface area contributed by atoms with Crippen LogP contribution in [0.5, 0.6) is 0 Å². The second kappa shape index (κ2) is 10.8. The summed E-state index contributed by atoms with van der Waals surface area (Å²) in [5.41, 5.74) is 0. The number of halogens is 1. The Labute approximate surface area is 135 Å². The second-order valence-corrected chi connectivity index (χ2v) is 5.47. The lowest BCUT2D eigenvalue weighted by Gasteiger charge is -2.24. The van der Waals surface area contributed by atoms with Crippen molar-refractivity contribution < 1.29 is 9.47 Å². The van der Waals surface area contributed by atoms with Crippen LogP contribution in [-0.4, -0.2) is 57.0 Å². The van der Waals surface area contributed by atoms with Crippen LogP contribution in [0, 0.1) is 0 Å². The van der Waals surface area contributed by atoms with Crippen molar-refractivity contribution in [2.24, 2.45) is 0 Å². The third-order valence-corrected chi connectivity index (χ3v) is 3.46. The predicted molar refractivity (Wildman–Crippen MR) is 89.1 cm³/mol. The molecule has 1 aromatic rings. The van der Waals surface area contributed by atoms with Crippen molar-refractivity contribution in [3.05, 3.63) is 10.7 Å². The predicted octanol–water partition coefficient (Wildman–Crippen LogP) is 2.55. The first kappa shape index (κ1) is 18.1. The highest BCUT2D eigenvalue weighted by molar-refractivity contribution is 9.10. The molecule has 7 heteroatoms. The van der Waals surface area contributed by atoms with E-state index in [9.17, 15) is 0 Å². The number of hydrogen-bond donors (Lipinski definition) is 1. The monoisotopic (exact) mass is 360 g/mol. The molecule has 21 heavy (non-hydrogen) atoms. The molecule has 0 unspecified atom stereocenters. The van der Waals surface area contributed by atoms with Crippen LogP contribution in [0.4, 0.5) is 11.8 Å². The molecule has 0 amide bonds. The minimum atomic E-state index is 0.654. The van der Waals surface area contributed by atoms with Crippen LogP contribution in [-0.2, 0) is 9.47 Å². The molecule has 0 radical (unpaired) electrons. The van der Waals surface area contributed by atoms with E-state index < -0.39 is 0 Å². The van der Waals surface area contributed by atoms with Crippen LogP contribution < -0.4 is 10.2 Å². The van der Waals surface area contributed by atoms with Crippen molar-refractivity contribution in [3.63, 3.8) is 0 Å². The van der Waals surface area contributed by atoms with Crippen molar-refractivity contribution in [3.8, 4) is 0 Å². The molecule has 0 spiro atoms. The largest absolute Gasteiger partial charge is 0.385 e. The summed E-state index contributed by atoms with van der Waals surface area (Å²) in [5, 5.41) is 3.21. The Balaban J connectivity index is 2.81. The van der Waals surface area contributed by atoms with Gasteiger partial charge in [-0.25, -0.2) is 4.98 Å². The van der Waals surface area contributed by atoms with Crippen molar-refractivity contribution in [2.45, 2.75) is 19.8 Å². The van der Waals surface area contributed by atoms with Gasteiger partial charge in [-0.2, -0.15) is 4.98 Å². The summed E-state index contributed by atoms with van der Waals surface area (Å²) < 4.78 is 11.2. The van der Waals surface area contributed by atoms with Crippen molar-refractivity contribution in [2.75, 3.05) is 57.3 Å². The Hall–Kier alpha value is -0.920. The van der Waals surface area contributed by atoms with E-state index in [1.807, 2.05) is 0 Å². The number of methoxy groups -OCH3 is 2. The zero-order valence-electron chi connectivity index (χ0n) is 13.1. The van der Waals surface area contributed by atoms with Crippen LogP contribution in [0.3, 0.4) is 0 Å². The van der Waals surface area contributed by atoms with Crippen LogP contribution in [0.2, 0.25) is 0 Å². The Morgan fingerprint density at radius 3 is 2.67 bits per heavy atom.